The maximum atomic E-state index is 11.8. The van der Waals surface area contributed by atoms with Crippen LogP contribution in [0.4, 0.5) is 5.95 Å². The van der Waals surface area contributed by atoms with Crippen molar-refractivity contribution in [1.82, 2.24) is 9.97 Å². The molecule has 0 fully saturated rings. The number of H-pyrrole nitrogens is 1. The zero-order chi connectivity index (χ0) is 18.7. The molecule has 132 valence electrons. The van der Waals surface area contributed by atoms with Crippen LogP contribution in [0.15, 0.2) is 52.4 Å². The van der Waals surface area contributed by atoms with E-state index in [1.807, 2.05) is 30.3 Å². The molecule has 9 heteroatoms. The van der Waals surface area contributed by atoms with Gasteiger partial charge in [-0.05, 0) is 6.07 Å². The third-order valence-electron chi connectivity index (χ3n) is 3.38. The van der Waals surface area contributed by atoms with Crippen LogP contribution in [0.5, 0.6) is 11.5 Å². The van der Waals surface area contributed by atoms with E-state index in [1.54, 1.807) is 0 Å². The van der Waals surface area contributed by atoms with Gasteiger partial charge in [-0.15, -0.1) is 0 Å². The molecule has 3 aromatic rings. The number of aromatic hydroxyl groups is 2. The van der Waals surface area contributed by atoms with Gasteiger partial charge in [0, 0.05) is 17.2 Å². The molecule has 0 aliphatic rings. The van der Waals surface area contributed by atoms with E-state index in [9.17, 15) is 15.0 Å². The quantitative estimate of drug-likeness (QED) is 0.401. The number of halogens is 2. The smallest absolute Gasteiger partial charge is 0.252 e. The summed E-state index contributed by atoms with van der Waals surface area (Å²) in [5, 5.41) is 23.0. The van der Waals surface area contributed by atoms with Gasteiger partial charge in [0.2, 0.25) is 5.95 Å². The topological polar surface area (TPSA) is 111 Å². The van der Waals surface area contributed by atoms with E-state index in [-0.39, 0.29) is 32.9 Å². The minimum absolute atomic E-state index is 0.0353. The van der Waals surface area contributed by atoms with Gasteiger partial charge in [-0.1, -0.05) is 53.5 Å². The highest BCUT2D eigenvalue weighted by Crippen LogP contribution is 2.40. The summed E-state index contributed by atoms with van der Waals surface area (Å²) in [5.74, 6) is -0.681. The molecule has 0 unspecified atom stereocenters. The van der Waals surface area contributed by atoms with Gasteiger partial charge < -0.3 is 10.2 Å². The highest BCUT2D eigenvalue weighted by Gasteiger charge is 2.13. The molecule has 3 rings (SSSR count). The summed E-state index contributed by atoms with van der Waals surface area (Å²) in [4.78, 5) is 18.6. The second-order valence-electron chi connectivity index (χ2n) is 5.17. The largest absolute Gasteiger partial charge is 0.506 e. The number of rotatable bonds is 4. The fraction of sp³-hybridized carbons (Fsp3) is 0. The lowest BCUT2D eigenvalue weighted by atomic mass is 10.1. The number of hydrazone groups is 1. The summed E-state index contributed by atoms with van der Waals surface area (Å²) in [5.41, 5.74) is 3.64. The number of nitrogens with zero attached hydrogens (tertiary/aromatic N) is 2. The molecular formula is C17H12Cl2N4O3. The number of benzene rings is 2. The Labute approximate surface area is 157 Å². The van der Waals surface area contributed by atoms with E-state index in [0.717, 1.165) is 5.56 Å². The Bertz CT molecular complexity index is 1040. The lowest BCUT2D eigenvalue weighted by Crippen LogP contribution is -2.10. The molecular weight excluding hydrogens is 379 g/mol. The Morgan fingerprint density at radius 3 is 2.58 bits per heavy atom. The standard InChI is InChI=1S/C17H12Cl2N4O3/c18-11-6-10(15(25)14(19)16(11)26)8-20-23-17-21-12(7-13(24)22-17)9-4-2-1-3-5-9/h1-8,25-26H,(H2,21,22,23,24)/b20-8-. The Morgan fingerprint density at radius 2 is 1.85 bits per heavy atom. The van der Waals surface area contributed by atoms with Gasteiger partial charge in [0.25, 0.3) is 5.56 Å². The molecule has 0 aliphatic heterocycles. The number of hydrogen-bond donors (Lipinski definition) is 4. The lowest BCUT2D eigenvalue weighted by Gasteiger charge is -2.06. The zero-order valence-electron chi connectivity index (χ0n) is 13.1. The van der Waals surface area contributed by atoms with Gasteiger partial charge >= 0.3 is 0 Å². The van der Waals surface area contributed by atoms with Gasteiger partial charge in [-0.25, -0.2) is 10.4 Å². The first-order valence-corrected chi connectivity index (χ1v) is 8.07. The van der Waals surface area contributed by atoms with E-state index in [1.165, 1.54) is 18.3 Å². The number of aromatic amines is 1. The fourth-order valence-corrected chi connectivity index (χ4v) is 2.62. The van der Waals surface area contributed by atoms with Crippen molar-refractivity contribution < 1.29 is 10.2 Å². The van der Waals surface area contributed by atoms with E-state index < -0.39 is 5.75 Å². The number of hydrogen-bond acceptors (Lipinski definition) is 6. The van der Waals surface area contributed by atoms with Crippen molar-refractivity contribution in [2.24, 2.45) is 5.10 Å². The van der Waals surface area contributed by atoms with Gasteiger partial charge in [-0.3, -0.25) is 9.78 Å². The van der Waals surface area contributed by atoms with E-state index in [0.29, 0.717) is 5.69 Å². The first-order valence-electron chi connectivity index (χ1n) is 7.31. The first kappa shape index (κ1) is 17.8. The van der Waals surface area contributed by atoms with Crippen molar-refractivity contribution >= 4 is 35.4 Å². The van der Waals surface area contributed by atoms with Gasteiger partial charge in [-0.2, -0.15) is 5.10 Å². The lowest BCUT2D eigenvalue weighted by molar-refractivity contribution is 0.450. The van der Waals surface area contributed by atoms with Crippen LogP contribution in [0.2, 0.25) is 10.0 Å². The molecule has 0 atom stereocenters. The van der Waals surface area contributed by atoms with Crippen molar-refractivity contribution in [3.63, 3.8) is 0 Å². The second kappa shape index (κ2) is 7.47. The van der Waals surface area contributed by atoms with Crippen LogP contribution in [0, 0.1) is 0 Å². The number of nitrogens with one attached hydrogen (secondary N) is 2. The molecule has 0 radical (unpaired) electrons. The third-order valence-corrected chi connectivity index (χ3v) is 4.03. The predicted molar refractivity (Wildman–Crippen MR) is 101 cm³/mol. The fourth-order valence-electron chi connectivity index (χ4n) is 2.15. The highest BCUT2D eigenvalue weighted by molar-refractivity contribution is 6.38. The molecule has 2 aromatic carbocycles. The molecule has 7 nitrogen and oxygen atoms in total. The van der Waals surface area contributed by atoms with Crippen LogP contribution >= 0.6 is 23.2 Å². The SMILES string of the molecule is O=c1cc(-c2ccccc2)nc(N/N=C\c2cc(Cl)c(O)c(Cl)c2O)[nH]1. The van der Waals surface area contributed by atoms with Crippen LogP contribution in [0.1, 0.15) is 5.56 Å². The maximum absolute atomic E-state index is 11.8. The summed E-state index contributed by atoms with van der Waals surface area (Å²) < 4.78 is 0. The molecule has 0 aliphatic carbocycles. The number of aromatic nitrogens is 2. The Hall–Kier alpha value is -3.03. The zero-order valence-corrected chi connectivity index (χ0v) is 14.6. The minimum atomic E-state index is -0.419. The van der Waals surface area contributed by atoms with Crippen molar-refractivity contribution in [3.05, 3.63) is 68.4 Å². The van der Waals surface area contributed by atoms with E-state index >= 15 is 0 Å². The molecule has 0 saturated carbocycles. The Morgan fingerprint density at radius 1 is 1.12 bits per heavy atom. The second-order valence-corrected chi connectivity index (χ2v) is 5.96. The van der Waals surface area contributed by atoms with Gasteiger partial charge in [0.05, 0.1) is 16.9 Å². The van der Waals surface area contributed by atoms with Crippen molar-refractivity contribution in [2.75, 3.05) is 5.43 Å². The molecule has 1 heterocycles. The Balaban J connectivity index is 1.86. The monoisotopic (exact) mass is 390 g/mol. The number of anilines is 1. The average molecular weight is 391 g/mol. The maximum Gasteiger partial charge on any atom is 0.252 e. The molecule has 0 amide bonds. The average Bonchev–Trinajstić information content (AvgIpc) is 2.64. The Kier molecular flexibility index (Phi) is 5.11. The molecule has 0 bridgehead atoms. The van der Waals surface area contributed by atoms with Crippen molar-refractivity contribution in [1.29, 1.82) is 0 Å². The summed E-state index contributed by atoms with van der Waals surface area (Å²) in [6.45, 7) is 0. The predicted octanol–water partition coefficient (Wildman–Crippen LogP) is 3.60. The van der Waals surface area contributed by atoms with Crippen LogP contribution in [0.25, 0.3) is 11.3 Å². The molecule has 0 spiro atoms. The first-order chi connectivity index (χ1) is 12.5. The van der Waals surface area contributed by atoms with Crippen LogP contribution in [0.3, 0.4) is 0 Å². The summed E-state index contributed by atoms with van der Waals surface area (Å²) >= 11 is 11.6. The molecule has 1 aromatic heterocycles. The third kappa shape index (κ3) is 3.79. The highest BCUT2D eigenvalue weighted by atomic mass is 35.5. The molecule has 0 saturated heterocycles. The van der Waals surface area contributed by atoms with Gasteiger partial charge in [0.15, 0.2) is 5.75 Å². The minimum Gasteiger partial charge on any atom is -0.506 e. The van der Waals surface area contributed by atoms with E-state index in [4.69, 9.17) is 23.2 Å². The summed E-state index contributed by atoms with van der Waals surface area (Å²) in [6.07, 6.45) is 1.22. The van der Waals surface area contributed by atoms with Gasteiger partial charge in [0.1, 0.15) is 10.8 Å². The van der Waals surface area contributed by atoms with Crippen molar-refractivity contribution in [2.45, 2.75) is 0 Å². The molecule has 4 N–H and O–H groups in total. The number of phenolic OH excluding ortho intramolecular Hbond substituents is 2. The van der Waals surface area contributed by atoms with Crippen LogP contribution in [-0.4, -0.2) is 26.4 Å². The van der Waals surface area contributed by atoms with Crippen LogP contribution < -0.4 is 11.0 Å². The molecule has 26 heavy (non-hydrogen) atoms. The van der Waals surface area contributed by atoms with Crippen LogP contribution in [-0.2, 0) is 0 Å². The summed E-state index contributed by atoms with van der Waals surface area (Å²) in [7, 11) is 0. The van der Waals surface area contributed by atoms with Crippen molar-refractivity contribution in [3.8, 4) is 22.8 Å². The number of phenols is 2. The normalized spacial score (nSPS) is 11.0. The van der Waals surface area contributed by atoms with E-state index in [2.05, 4.69) is 20.5 Å². The summed E-state index contributed by atoms with van der Waals surface area (Å²) in [6, 6.07) is 11.9.